The topological polar surface area (TPSA) is 68.0 Å². The van der Waals surface area contributed by atoms with Gasteiger partial charge in [-0.25, -0.2) is 0 Å². The van der Waals surface area contributed by atoms with Gasteiger partial charge in [-0.1, -0.05) is 18.2 Å². The predicted molar refractivity (Wildman–Crippen MR) is 110 cm³/mol. The van der Waals surface area contributed by atoms with Crippen LogP contribution in [-0.2, 0) is 0 Å². The second kappa shape index (κ2) is 7.11. The van der Waals surface area contributed by atoms with Crippen molar-refractivity contribution in [2.24, 2.45) is 0 Å². The van der Waals surface area contributed by atoms with E-state index in [0.29, 0.717) is 16.9 Å². The van der Waals surface area contributed by atoms with Crippen LogP contribution in [0.1, 0.15) is 10.4 Å². The molecule has 0 radical (unpaired) electrons. The molecule has 3 aromatic heterocycles. The Hall–Kier alpha value is -2.96. The number of nitrogens with one attached hydrogen (secondary N) is 1. The summed E-state index contributed by atoms with van der Waals surface area (Å²) in [5.41, 5.74) is 9.53. The number of anilines is 2. The number of benzene rings is 1. The Kier molecular flexibility index (Phi) is 4.51. The summed E-state index contributed by atoms with van der Waals surface area (Å²) in [5, 5.41) is 6.91. The van der Waals surface area contributed by atoms with E-state index in [-0.39, 0.29) is 5.91 Å². The Morgan fingerprint density at radius 1 is 0.962 bits per heavy atom. The third-order valence-corrected chi connectivity index (χ3v) is 5.72. The molecular formula is C20H15N3OS2. The van der Waals surface area contributed by atoms with E-state index in [1.165, 1.54) is 0 Å². The first kappa shape index (κ1) is 16.5. The number of amides is 1. The fourth-order valence-electron chi connectivity index (χ4n) is 2.55. The van der Waals surface area contributed by atoms with Crippen molar-refractivity contribution in [2.45, 2.75) is 0 Å². The average molecular weight is 377 g/mol. The van der Waals surface area contributed by atoms with Gasteiger partial charge >= 0.3 is 0 Å². The van der Waals surface area contributed by atoms with Crippen molar-refractivity contribution < 1.29 is 4.79 Å². The molecule has 0 aliphatic carbocycles. The van der Waals surface area contributed by atoms with Crippen molar-refractivity contribution in [3.05, 3.63) is 77.1 Å². The fraction of sp³-hybridized carbons (Fsp3) is 0. The summed E-state index contributed by atoms with van der Waals surface area (Å²) in [6, 6.07) is 17.3. The highest BCUT2D eigenvalue weighted by atomic mass is 32.1. The molecule has 0 aliphatic rings. The Morgan fingerprint density at radius 2 is 1.73 bits per heavy atom. The number of pyridine rings is 1. The Balaban J connectivity index is 1.55. The number of rotatable bonds is 4. The molecule has 1 aromatic carbocycles. The van der Waals surface area contributed by atoms with Crippen LogP contribution in [0, 0.1) is 0 Å². The lowest BCUT2D eigenvalue weighted by Gasteiger charge is -2.10. The molecule has 0 fully saturated rings. The summed E-state index contributed by atoms with van der Waals surface area (Å²) < 4.78 is 0. The van der Waals surface area contributed by atoms with Crippen molar-refractivity contribution in [1.82, 2.24) is 4.98 Å². The Morgan fingerprint density at radius 3 is 2.38 bits per heavy atom. The molecule has 0 bridgehead atoms. The van der Waals surface area contributed by atoms with E-state index in [1.54, 1.807) is 34.9 Å². The van der Waals surface area contributed by atoms with Crippen LogP contribution in [0.15, 0.2) is 71.6 Å². The van der Waals surface area contributed by atoms with Gasteiger partial charge in [-0.2, -0.15) is 0 Å². The minimum absolute atomic E-state index is 0.231. The van der Waals surface area contributed by atoms with Gasteiger partial charge in [0.15, 0.2) is 0 Å². The first-order valence-corrected chi connectivity index (χ1v) is 9.71. The molecule has 0 saturated heterocycles. The normalized spacial score (nSPS) is 10.6. The van der Waals surface area contributed by atoms with E-state index < -0.39 is 0 Å². The fourth-order valence-corrected chi connectivity index (χ4v) is 3.98. The van der Waals surface area contributed by atoms with Crippen molar-refractivity contribution in [3.63, 3.8) is 0 Å². The minimum atomic E-state index is -0.231. The smallest absolute Gasteiger partial charge is 0.257 e. The summed E-state index contributed by atoms with van der Waals surface area (Å²) in [6.45, 7) is 0. The summed E-state index contributed by atoms with van der Waals surface area (Å²) >= 11 is 3.26. The van der Waals surface area contributed by atoms with Crippen molar-refractivity contribution in [1.29, 1.82) is 0 Å². The standard InChI is InChI=1S/C20H15N3OS2/c21-15-7-5-13(18-3-1-9-25-18)11-17(15)23-20(24)14-6-8-16(22-12-14)19-4-2-10-26-19/h1-12H,21H2,(H,23,24). The van der Waals surface area contributed by atoms with Gasteiger partial charge < -0.3 is 11.1 Å². The van der Waals surface area contributed by atoms with Crippen molar-refractivity contribution >= 4 is 40.0 Å². The quantitative estimate of drug-likeness (QED) is 0.470. The molecule has 1 amide bonds. The van der Waals surface area contributed by atoms with E-state index in [0.717, 1.165) is 21.0 Å². The third kappa shape index (κ3) is 3.37. The summed E-state index contributed by atoms with van der Waals surface area (Å²) in [7, 11) is 0. The number of nitrogens with zero attached hydrogens (tertiary/aromatic N) is 1. The zero-order valence-corrected chi connectivity index (χ0v) is 15.3. The molecule has 0 atom stereocenters. The Labute approximate surface area is 159 Å². The number of nitrogen functional groups attached to an aromatic ring is 1. The molecule has 4 nitrogen and oxygen atoms in total. The van der Waals surface area contributed by atoms with Crippen molar-refractivity contribution in [3.8, 4) is 21.0 Å². The maximum Gasteiger partial charge on any atom is 0.257 e. The average Bonchev–Trinajstić information content (AvgIpc) is 3.38. The maximum atomic E-state index is 12.6. The minimum Gasteiger partial charge on any atom is -0.397 e. The van der Waals surface area contributed by atoms with Crippen molar-refractivity contribution in [2.75, 3.05) is 11.1 Å². The molecule has 128 valence electrons. The van der Waals surface area contributed by atoms with E-state index in [9.17, 15) is 4.79 Å². The van der Waals surface area contributed by atoms with Crippen LogP contribution < -0.4 is 11.1 Å². The van der Waals surface area contributed by atoms with Gasteiger partial charge in [-0.05, 0) is 52.7 Å². The van der Waals surface area contributed by atoms with Crippen LogP contribution >= 0.6 is 22.7 Å². The van der Waals surface area contributed by atoms with Gasteiger partial charge in [0.2, 0.25) is 0 Å². The molecule has 6 heteroatoms. The number of nitrogens with two attached hydrogens (primary N) is 1. The summed E-state index contributed by atoms with van der Waals surface area (Å²) in [6.07, 6.45) is 1.59. The molecule has 4 rings (SSSR count). The highest BCUT2D eigenvalue weighted by molar-refractivity contribution is 7.13. The number of aromatic nitrogens is 1. The van der Waals surface area contributed by atoms with Crippen LogP contribution in [0.25, 0.3) is 21.0 Å². The predicted octanol–water partition coefficient (Wildman–Crippen LogP) is 5.37. The van der Waals surface area contributed by atoms with E-state index in [1.807, 2.05) is 59.3 Å². The van der Waals surface area contributed by atoms with Crippen LogP contribution in [0.4, 0.5) is 11.4 Å². The van der Waals surface area contributed by atoms with Gasteiger partial charge in [0.1, 0.15) is 0 Å². The largest absolute Gasteiger partial charge is 0.397 e. The number of carbonyl (C=O) groups is 1. The molecule has 0 spiro atoms. The highest BCUT2D eigenvalue weighted by Gasteiger charge is 2.11. The van der Waals surface area contributed by atoms with Gasteiger partial charge in [0, 0.05) is 11.1 Å². The number of hydrogen-bond donors (Lipinski definition) is 2. The molecule has 0 saturated carbocycles. The summed E-state index contributed by atoms with van der Waals surface area (Å²) in [5.74, 6) is -0.231. The second-order valence-corrected chi connectivity index (χ2v) is 7.54. The van der Waals surface area contributed by atoms with Gasteiger partial charge in [-0.15, -0.1) is 22.7 Å². The van der Waals surface area contributed by atoms with Gasteiger partial charge in [0.25, 0.3) is 5.91 Å². The zero-order chi connectivity index (χ0) is 17.9. The molecule has 4 aromatic rings. The summed E-state index contributed by atoms with van der Waals surface area (Å²) in [4.78, 5) is 19.1. The molecule has 3 N–H and O–H groups in total. The van der Waals surface area contributed by atoms with Gasteiger partial charge in [0.05, 0.1) is 27.5 Å². The van der Waals surface area contributed by atoms with Gasteiger partial charge in [-0.3, -0.25) is 9.78 Å². The highest BCUT2D eigenvalue weighted by Crippen LogP contribution is 2.30. The van der Waals surface area contributed by atoms with E-state index >= 15 is 0 Å². The zero-order valence-electron chi connectivity index (χ0n) is 13.7. The van der Waals surface area contributed by atoms with Crippen LogP contribution in [0.3, 0.4) is 0 Å². The number of carbonyl (C=O) groups excluding carboxylic acids is 1. The molecule has 26 heavy (non-hydrogen) atoms. The van der Waals surface area contributed by atoms with Crippen LogP contribution in [0.2, 0.25) is 0 Å². The number of hydrogen-bond acceptors (Lipinski definition) is 5. The first-order chi connectivity index (χ1) is 12.7. The molecule has 0 aliphatic heterocycles. The second-order valence-electron chi connectivity index (χ2n) is 5.64. The lowest BCUT2D eigenvalue weighted by molar-refractivity contribution is 0.102. The molecule has 0 unspecified atom stereocenters. The van der Waals surface area contributed by atoms with Crippen LogP contribution in [0.5, 0.6) is 0 Å². The van der Waals surface area contributed by atoms with Crippen LogP contribution in [-0.4, -0.2) is 10.9 Å². The number of thiophene rings is 2. The maximum absolute atomic E-state index is 12.6. The molecular weight excluding hydrogens is 362 g/mol. The van der Waals surface area contributed by atoms with E-state index in [2.05, 4.69) is 10.3 Å². The van der Waals surface area contributed by atoms with E-state index in [4.69, 9.17) is 5.73 Å². The Bertz CT molecular complexity index is 1020. The third-order valence-electron chi connectivity index (χ3n) is 3.91. The monoisotopic (exact) mass is 377 g/mol. The molecule has 3 heterocycles. The lowest BCUT2D eigenvalue weighted by atomic mass is 10.1. The SMILES string of the molecule is Nc1ccc(-c2cccs2)cc1NC(=O)c1ccc(-c2cccs2)nc1. The first-order valence-electron chi connectivity index (χ1n) is 7.95. The lowest BCUT2D eigenvalue weighted by Crippen LogP contribution is -2.13.